The summed E-state index contributed by atoms with van der Waals surface area (Å²) < 4.78 is 0. The third kappa shape index (κ3) is 5.03. The second-order valence-electron chi connectivity index (χ2n) is 7.54. The van der Waals surface area contributed by atoms with E-state index in [2.05, 4.69) is 10.2 Å². The number of likely N-dealkylation sites (tertiary alicyclic amines) is 1. The molecule has 25 heavy (non-hydrogen) atoms. The van der Waals surface area contributed by atoms with Gasteiger partial charge in [0.05, 0.1) is 12.1 Å². The fourth-order valence-electron chi connectivity index (χ4n) is 4.02. The Morgan fingerprint density at radius 2 is 2.00 bits per heavy atom. The van der Waals surface area contributed by atoms with Crippen LogP contribution in [0.25, 0.3) is 0 Å². The molecule has 0 bridgehead atoms. The number of piperidine rings is 1. The maximum absolute atomic E-state index is 12.4. The van der Waals surface area contributed by atoms with E-state index in [0.717, 1.165) is 57.4 Å². The summed E-state index contributed by atoms with van der Waals surface area (Å²) in [7, 11) is 1.94. The summed E-state index contributed by atoms with van der Waals surface area (Å²) in [5, 5.41) is 13.7. The van der Waals surface area contributed by atoms with Crippen LogP contribution < -0.4 is 5.32 Å². The first-order valence-electron chi connectivity index (χ1n) is 9.57. The molecule has 2 fully saturated rings. The number of β-amino-alcohol motifs (C(OH)–C–C–N with tert-alkyl or cyclic N) is 1. The molecule has 2 aliphatic rings. The number of hydrogen-bond donors (Lipinski definition) is 2. The van der Waals surface area contributed by atoms with Crippen LogP contribution in [0.2, 0.25) is 0 Å². The molecule has 0 aromatic heterocycles. The minimum atomic E-state index is -0.421. The number of carbonyl (C=O) groups excluding carboxylic acids is 1. The average Bonchev–Trinajstić information content (AvgIpc) is 3.18. The van der Waals surface area contributed by atoms with Crippen LogP contribution in [0.3, 0.4) is 0 Å². The lowest BCUT2D eigenvalue weighted by atomic mass is 9.95. The molecule has 138 valence electrons. The summed E-state index contributed by atoms with van der Waals surface area (Å²) in [4.78, 5) is 16.7. The van der Waals surface area contributed by atoms with Crippen LogP contribution in [0.1, 0.15) is 37.4 Å². The Kier molecular flexibility index (Phi) is 6.45. The molecule has 0 aliphatic carbocycles. The minimum absolute atomic E-state index is 0.0334. The molecule has 2 saturated heterocycles. The van der Waals surface area contributed by atoms with Gasteiger partial charge >= 0.3 is 0 Å². The van der Waals surface area contributed by atoms with E-state index in [1.807, 2.05) is 42.3 Å². The zero-order valence-electron chi connectivity index (χ0n) is 15.2. The summed E-state index contributed by atoms with van der Waals surface area (Å²) >= 11 is 0. The highest BCUT2D eigenvalue weighted by Gasteiger charge is 2.28. The standard InChI is InChI=1S/C20H31N3O2/c1-22(20(25)18-8-5-11-21-18)14-16-9-12-23(13-10-16)15-19(24)17-6-3-2-4-7-17/h2-4,6-7,16,18-19,21,24H,5,8-15H2,1H3. The number of benzene rings is 1. The van der Waals surface area contributed by atoms with Gasteiger partial charge in [-0.15, -0.1) is 0 Å². The van der Waals surface area contributed by atoms with Crippen LogP contribution in [-0.4, -0.2) is 66.6 Å². The van der Waals surface area contributed by atoms with Crippen LogP contribution in [-0.2, 0) is 4.79 Å². The van der Waals surface area contributed by atoms with Crippen molar-refractivity contribution in [2.24, 2.45) is 5.92 Å². The topological polar surface area (TPSA) is 55.8 Å². The van der Waals surface area contributed by atoms with E-state index >= 15 is 0 Å². The summed E-state index contributed by atoms with van der Waals surface area (Å²) in [5.41, 5.74) is 0.985. The molecule has 2 heterocycles. The Labute approximate surface area is 151 Å². The number of nitrogens with one attached hydrogen (secondary N) is 1. The Morgan fingerprint density at radius 3 is 2.64 bits per heavy atom. The van der Waals surface area contributed by atoms with E-state index < -0.39 is 6.10 Å². The first kappa shape index (κ1) is 18.4. The van der Waals surface area contributed by atoms with E-state index in [4.69, 9.17) is 0 Å². The Bertz CT molecular complexity index is 537. The van der Waals surface area contributed by atoms with Gasteiger partial charge in [0.15, 0.2) is 0 Å². The fraction of sp³-hybridized carbons (Fsp3) is 0.650. The predicted octanol–water partition coefficient (Wildman–Crippen LogP) is 1.64. The van der Waals surface area contributed by atoms with Gasteiger partial charge in [0.1, 0.15) is 0 Å². The van der Waals surface area contributed by atoms with Crippen molar-refractivity contribution in [2.45, 2.75) is 37.8 Å². The molecule has 3 rings (SSSR count). The molecule has 0 spiro atoms. The molecule has 0 radical (unpaired) electrons. The largest absolute Gasteiger partial charge is 0.387 e. The van der Waals surface area contributed by atoms with Gasteiger partial charge < -0.3 is 20.2 Å². The van der Waals surface area contributed by atoms with Crippen LogP contribution in [0.15, 0.2) is 30.3 Å². The Morgan fingerprint density at radius 1 is 1.28 bits per heavy atom. The van der Waals surface area contributed by atoms with Crippen molar-refractivity contribution < 1.29 is 9.90 Å². The third-order valence-corrected chi connectivity index (χ3v) is 5.59. The van der Waals surface area contributed by atoms with E-state index in [0.29, 0.717) is 12.5 Å². The number of rotatable bonds is 6. The molecule has 0 saturated carbocycles. The monoisotopic (exact) mass is 345 g/mol. The number of likely N-dealkylation sites (N-methyl/N-ethyl adjacent to an activating group) is 1. The third-order valence-electron chi connectivity index (χ3n) is 5.59. The first-order valence-corrected chi connectivity index (χ1v) is 9.57. The second-order valence-corrected chi connectivity index (χ2v) is 7.54. The highest BCUT2D eigenvalue weighted by Crippen LogP contribution is 2.22. The van der Waals surface area contributed by atoms with Gasteiger partial charge in [-0.3, -0.25) is 4.79 Å². The molecule has 1 aromatic rings. The molecule has 1 aromatic carbocycles. The Hall–Kier alpha value is -1.43. The van der Waals surface area contributed by atoms with Crippen molar-refractivity contribution >= 4 is 5.91 Å². The van der Waals surface area contributed by atoms with Gasteiger partial charge in [0, 0.05) is 20.1 Å². The SMILES string of the molecule is CN(CC1CCN(CC(O)c2ccccc2)CC1)C(=O)C1CCCN1. The van der Waals surface area contributed by atoms with Crippen molar-refractivity contribution in [3.8, 4) is 0 Å². The molecule has 1 amide bonds. The lowest BCUT2D eigenvalue weighted by Gasteiger charge is -2.35. The lowest BCUT2D eigenvalue weighted by molar-refractivity contribution is -0.132. The maximum Gasteiger partial charge on any atom is 0.239 e. The van der Waals surface area contributed by atoms with Gasteiger partial charge in [0.25, 0.3) is 0 Å². The van der Waals surface area contributed by atoms with Crippen molar-refractivity contribution in [3.05, 3.63) is 35.9 Å². The number of aliphatic hydroxyl groups is 1. The van der Waals surface area contributed by atoms with Crippen molar-refractivity contribution in [2.75, 3.05) is 39.8 Å². The van der Waals surface area contributed by atoms with Crippen LogP contribution in [0.5, 0.6) is 0 Å². The van der Waals surface area contributed by atoms with Gasteiger partial charge in [0.2, 0.25) is 5.91 Å². The molecule has 2 unspecified atom stereocenters. The second kappa shape index (κ2) is 8.79. The summed E-state index contributed by atoms with van der Waals surface area (Å²) in [5.74, 6) is 0.819. The van der Waals surface area contributed by atoms with E-state index in [1.54, 1.807) is 0 Å². The highest BCUT2D eigenvalue weighted by atomic mass is 16.3. The average molecular weight is 345 g/mol. The van der Waals surface area contributed by atoms with Crippen LogP contribution >= 0.6 is 0 Å². The minimum Gasteiger partial charge on any atom is -0.387 e. The highest BCUT2D eigenvalue weighted by molar-refractivity contribution is 5.81. The van der Waals surface area contributed by atoms with Crippen LogP contribution in [0.4, 0.5) is 0 Å². The summed E-state index contributed by atoms with van der Waals surface area (Å²) in [6.07, 6.45) is 3.84. The molecule has 2 atom stereocenters. The van der Waals surface area contributed by atoms with E-state index in [-0.39, 0.29) is 11.9 Å². The number of hydrogen-bond acceptors (Lipinski definition) is 4. The number of amides is 1. The number of carbonyl (C=O) groups is 1. The predicted molar refractivity (Wildman–Crippen MR) is 99.2 cm³/mol. The Balaban J connectivity index is 1.40. The van der Waals surface area contributed by atoms with Gasteiger partial charge in [-0.05, 0) is 56.8 Å². The zero-order chi connectivity index (χ0) is 17.6. The van der Waals surface area contributed by atoms with Gasteiger partial charge in [-0.1, -0.05) is 30.3 Å². The molecule has 5 nitrogen and oxygen atoms in total. The molecule has 5 heteroatoms. The summed E-state index contributed by atoms with van der Waals surface area (Å²) in [6, 6.07) is 9.91. The van der Waals surface area contributed by atoms with Crippen molar-refractivity contribution in [1.29, 1.82) is 0 Å². The van der Waals surface area contributed by atoms with E-state index in [9.17, 15) is 9.90 Å². The number of aliphatic hydroxyl groups excluding tert-OH is 1. The van der Waals surface area contributed by atoms with Crippen molar-refractivity contribution in [1.82, 2.24) is 15.1 Å². The quantitative estimate of drug-likeness (QED) is 0.823. The lowest BCUT2D eigenvalue weighted by Crippen LogP contribution is -2.45. The molecule has 2 N–H and O–H groups in total. The van der Waals surface area contributed by atoms with Gasteiger partial charge in [-0.25, -0.2) is 0 Å². The zero-order valence-corrected chi connectivity index (χ0v) is 15.2. The summed E-state index contributed by atoms with van der Waals surface area (Å²) in [6.45, 7) is 4.51. The number of nitrogens with zero attached hydrogens (tertiary/aromatic N) is 2. The van der Waals surface area contributed by atoms with E-state index in [1.165, 1.54) is 0 Å². The van der Waals surface area contributed by atoms with Crippen molar-refractivity contribution in [3.63, 3.8) is 0 Å². The smallest absolute Gasteiger partial charge is 0.239 e. The molecular formula is C20H31N3O2. The van der Waals surface area contributed by atoms with Gasteiger partial charge in [-0.2, -0.15) is 0 Å². The first-order chi connectivity index (χ1) is 12.1. The molecular weight excluding hydrogens is 314 g/mol. The fourth-order valence-corrected chi connectivity index (χ4v) is 4.02. The maximum atomic E-state index is 12.4. The molecule has 2 aliphatic heterocycles. The normalized spacial score (nSPS) is 23.5. The van der Waals surface area contributed by atoms with Crippen LogP contribution in [0, 0.1) is 5.92 Å².